The van der Waals surface area contributed by atoms with Crippen molar-refractivity contribution in [2.45, 2.75) is 13.1 Å². The number of methoxy groups -OCH3 is 1. The quantitative estimate of drug-likeness (QED) is 0.309. The molecule has 204 valence electrons. The van der Waals surface area contributed by atoms with E-state index in [0.717, 1.165) is 0 Å². The second-order valence-corrected chi connectivity index (χ2v) is 9.46. The maximum Gasteiger partial charge on any atom is 0.490 e. The van der Waals surface area contributed by atoms with Crippen LogP contribution in [0.3, 0.4) is 0 Å². The first kappa shape index (κ1) is 30.9. The van der Waals surface area contributed by atoms with Crippen LogP contribution in [0.5, 0.6) is 0 Å². The Hall–Kier alpha value is -3.11. The molecule has 1 fully saturated rings. The fourth-order valence-corrected chi connectivity index (χ4v) is 3.61. The lowest BCUT2D eigenvalue weighted by molar-refractivity contribution is -0.192. The Morgan fingerprint density at radius 3 is 2.17 bits per heavy atom. The van der Waals surface area contributed by atoms with E-state index in [0.29, 0.717) is 45.0 Å². The van der Waals surface area contributed by atoms with E-state index < -0.39 is 28.1 Å². The molecule has 12 nitrogen and oxygen atoms in total. The number of anilines is 2. The minimum Gasteiger partial charge on any atom is -0.478 e. The van der Waals surface area contributed by atoms with Crippen molar-refractivity contribution in [3.05, 3.63) is 23.8 Å². The number of alkyl halides is 3. The number of carbonyl (C=O) groups excluding carboxylic acids is 1. The summed E-state index contributed by atoms with van der Waals surface area (Å²) in [6, 6.07) is 4.40. The first-order chi connectivity index (χ1) is 16.7. The van der Waals surface area contributed by atoms with Gasteiger partial charge in [0.05, 0.1) is 35.8 Å². The van der Waals surface area contributed by atoms with E-state index in [1.807, 2.05) is 9.80 Å². The molecule has 1 saturated heterocycles. The number of piperazine rings is 1. The molecule has 1 aromatic rings. The number of hydrogen-bond donors (Lipinski definition) is 4. The van der Waals surface area contributed by atoms with Crippen LogP contribution in [0.25, 0.3) is 0 Å². The lowest BCUT2D eigenvalue weighted by Gasteiger charge is -2.36. The average molecular weight is 543 g/mol. The highest BCUT2D eigenvalue weighted by atomic mass is 32.2. The third-order valence-corrected chi connectivity index (χ3v) is 6.13. The minimum atomic E-state index is -5.08. The number of benzene rings is 1. The number of carboxylic acids is 2. The number of sulfonamides is 1. The number of amides is 1. The zero-order valence-electron chi connectivity index (χ0n) is 19.7. The van der Waals surface area contributed by atoms with Crippen molar-refractivity contribution in [3.63, 3.8) is 0 Å². The molecule has 0 aromatic heterocycles. The first-order valence-electron chi connectivity index (χ1n) is 10.6. The van der Waals surface area contributed by atoms with Crippen molar-refractivity contribution in [3.8, 4) is 0 Å². The van der Waals surface area contributed by atoms with Crippen LogP contribution < -0.4 is 14.9 Å². The van der Waals surface area contributed by atoms with Gasteiger partial charge in [0.15, 0.2) is 0 Å². The fourth-order valence-electron chi connectivity index (χ4n) is 2.96. The van der Waals surface area contributed by atoms with Crippen molar-refractivity contribution >= 4 is 39.2 Å². The van der Waals surface area contributed by atoms with Crippen molar-refractivity contribution in [1.82, 2.24) is 10.2 Å². The zero-order chi connectivity index (χ0) is 27.5. The van der Waals surface area contributed by atoms with E-state index in [4.69, 9.17) is 14.6 Å². The second kappa shape index (κ2) is 13.8. The van der Waals surface area contributed by atoms with Gasteiger partial charge in [0.25, 0.3) is 0 Å². The summed E-state index contributed by atoms with van der Waals surface area (Å²) in [6.45, 7) is 5.13. The molecule has 16 heteroatoms. The van der Waals surface area contributed by atoms with Crippen molar-refractivity contribution in [2.24, 2.45) is 0 Å². The first-order valence-corrected chi connectivity index (χ1v) is 12.3. The molecule has 2 rings (SSSR count). The van der Waals surface area contributed by atoms with Crippen LogP contribution in [-0.2, 0) is 24.3 Å². The molecule has 0 radical (unpaired) electrons. The number of ether oxygens (including phenoxy) is 1. The molecule has 0 saturated carbocycles. The van der Waals surface area contributed by atoms with Gasteiger partial charge in [0.1, 0.15) is 0 Å². The highest BCUT2D eigenvalue weighted by Crippen LogP contribution is 2.29. The lowest BCUT2D eigenvalue weighted by atomic mass is 10.1. The summed E-state index contributed by atoms with van der Waals surface area (Å²) >= 11 is 0. The Morgan fingerprint density at radius 1 is 1.11 bits per heavy atom. The van der Waals surface area contributed by atoms with Crippen LogP contribution in [0.2, 0.25) is 0 Å². The molecular formula is C20H29F3N4O8S. The number of aromatic carboxylic acids is 1. The maximum atomic E-state index is 12.0. The molecule has 1 heterocycles. The topological polar surface area (TPSA) is 166 Å². The predicted octanol–water partition coefficient (Wildman–Crippen LogP) is 0.664. The molecule has 0 aliphatic carbocycles. The molecule has 0 spiro atoms. The molecule has 1 aliphatic rings. The molecule has 4 N–H and O–H groups in total. The Kier molecular flexibility index (Phi) is 11.9. The summed E-state index contributed by atoms with van der Waals surface area (Å²) in [6.07, 6.45) is -5.08. The van der Waals surface area contributed by atoms with Gasteiger partial charge in [0, 0.05) is 39.8 Å². The molecule has 1 amide bonds. The summed E-state index contributed by atoms with van der Waals surface area (Å²) in [4.78, 5) is 36.1. The van der Waals surface area contributed by atoms with Gasteiger partial charge >= 0.3 is 18.1 Å². The normalized spacial score (nSPS) is 14.4. The Balaban J connectivity index is 0.000000809. The van der Waals surface area contributed by atoms with Gasteiger partial charge in [-0.2, -0.15) is 13.2 Å². The Labute approximate surface area is 206 Å². The van der Waals surface area contributed by atoms with E-state index in [1.165, 1.54) is 19.1 Å². The number of carbonyl (C=O) groups is 3. The van der Waals surface area contributed by atoms with Crippen LogP contribution in [0.1, 0.15) is 17.3 Å². The van der Waals surface area contributed by atoms with Gasteiger partial charge in [-0.1, -0.05) is 0 Å². The molecular weight excluding hydrogens is 513 g/mol. The van der Waals surface area contributed by atoms with Crippen LogP contribution >= 0.6 is 0 Å². The predicted molar refractivity (Wildman–Crippen MR) is 124 cm³/mol. The monoisotopic (exact) mass is 542 g/mol. The number of carboxylic acid groups (broad SMARTS) is 2. The van der Waals surface area contributed by atoms with Crippen LogP contribution in [0.15, 0.2) is 18.2 Å². The number of nitrogens with one attached hydrogen (secondary N) is 2. The molecule has 1 aromatic carbocycles. The number of hydrogen-bond acceptors (Lipinski definition) is 8. The van der Waals surface area contributed by atoms with E-state index in [2.05, 4.69) is 10.0 Å². The summed E-state index contributed by atoms with van der Waals surface area (Å²) in [7, 11) is -1.98. The summed E-state index contributed by atoms with van der Waals surface area (Å²) < 4.78 is 63.2. The van der Waals surface area contributed by atoms with Gasteiger partial charge in [0.2, 0.25) is 15.9 Å². The van der Waals surface area contributed by atoms with E-state index in [9.17, 15) is 36.3 Å². The lowest BCUT2D eigenvalue weighted by Crippen LogP contribution is -2.50. The van der Waals surface area contributed by atoms with E-state index in [-0.39, 0.29) is 29.5 Å². The number of aliphatic carboxylic acids is 1. The summed E-state index contributed by atoms with van der Waals surface area (Å²) in [5, 5.41) is 19.1. The second-order valence-electron chi connectivity index (χ2n) is 7.45. The minimum absolute atomic E-state index is 0.00826. The Morgan fingerprint density at radius 2 is 1.69 bits per heavy atom. The summed E-state index contributed by atoms with van der Waals surface area (Å²) in [5.74, 6) is -4.07. The number of rotatable bonds is 10. The largest absolute Gasteiger partial charge is 0.490 e. The molecule has 0 atom stereocenters. The maximum absolute atomic E-state index is 12.0. The fraction of sp³-hybridized carbons (Fsp3) is 0.550. The van der Waals surface area contributed by atoms with Gasteiger partial charge in [-0.05, 0) is 25.1 Å². The van der Waals surface area contributed by atoms with Crippen LogP contribution in [-0.4, -0.2) is 106 Å². The van der Waals surface area contributed by atoms with Gasteiger partial charge in [-0.3, -0.25) is 14.4 Å². The zero-order valence-corrected chi connectivity index (χ0v) is 20.5. The smallest absolute Gasteiger partial charge is 0.478 e. The van der Waals surface area contributed by atoms with Gasteiger partial charge in [-0.25, -0.2) is 18.0 Å². The third-order valence-electron chi connectivity index (χ3n) is 4.84. The van der Waals surface area contributed by atoms with E-state index in [1.54, 1.807) is 13.2 Å². The number of nitrogens with zero attached hydrogens (tertiary/aromatic N) is 2. The molecule has 0 bridgehead atoms. The average Bonchev–Trinajstić information content (AvgIpc) is 2.79. The highest BCUT2D eigenvalue weighted by Gasteiger charge is 2.38. The standard InChI is InChI=1S/C18H28N4O6S.C2HF3O2/c1-3-29(26,27)20-15-12-14(18(24)25)4-5-16(15)22-9-7-21(8-10-22)13-17(23)19-6-11-28-2;3-2(4,5)1(6)7/h4-5,12,20H,3,6-11,13H2,1-2H3,(H,19,23)(H,24,25);(H,6,7). The van der Waals surface area contributed by atoms with Crippen LogP contribution in [0.4, 0.5) is 24.5 Å². The Bertz CT molecular complexity index is 1010. The third kappa shape index (κ3) is 10.7. The number of halogens is 3. The molecule has 0 unspecified atom stereocenters. The van der Waals surface area contributed by atoms with Crippen LogP contribution in [0, 0.1) is 0 Å². The van der Waals surface area contributed by atoms with E-state index >= 15 is 0 Å². The van der Waals surface area contributed by atoms with Crippen molar-refractivity contribution < 1.29 is 50.9 Å². The van der Waals surface area contributed by atoms with Gasteiger partial charge in [-0.15, -0.1) is 0 Å². The summed E-state index contributed by atoms with van der Waals surface area (Å²) in [5.41, 5.74) is 0.877. The SMILES string of the molecule is CCS(=O)(=O)Nc1cc(C(=O)O)ccc1N1CCN(CC(=O)NCCOC)CC1.O=C(O)C(F)(F)F. The van der Waals surface area contributed by atoms with Crippen molar-refractivity contribution in [2.75, 3.05) is 68.4 Å². The van der Waals surface area contributed by atoms with Gasteiger partial charge < -0.3 is 25.2 Å². The van der Waals surface area contributed by atoms with Crippen molar-refractivity contribution in [1.29, 1.82) is 0 Å². The highest BCUT2D eigenvalue weighted by molar-refractivity contribution is 7.92. The molecule has 1 aliphatic heterocycles. The molecule has 36 heavy (non-hydrogen) atoms.